The van der Waals surface area contributed by atoms with Crippen molar-refractivity contribution in [3.63, 3.8) is 0 Å². The fourth-order valence-corrected chi connectivity index (χ4v) is 2.43. The Bertz CT molecular complexity index is 468. The van der Waals surface area contributed by atoms with Gasteiger partial charge in [0.15, 0.2) is 0 Å². The number of aromatic nitrogens is 1. The van der Waals surface area contributed by atoms with Crippen molar-refractivity contribution in [1.82, 2.24) is 9.71 Å². The van der Waals surface area contributed by atoms with Gasteiger partial charge in [-0.25, -0.2) is 4.98 Å². The van der Waals surface area contributed by atoms with Gasteiger partial charge >= 0.3 is 10.2 Å². The van der Waals surface area contributed by atoms with Crippen molar-refractivity contribution in [3.8, 4) is 0 Å². The SMILES string of the molecule is CC(C)(C)NS(=O)(=O)Nc1cc(Cl)ccn1. The highest BCUT2D eigenvalue weighted by Gasteiger charge is 2.19. The molecule has 1 aromatic heterocycles. The van der Waals surface area contributed by atoms with Crippen LogP contribution in [0.2, 0.25) is 5.02 Å². The summed E-state index contributed by atoms with van der Waals surface area (Å²) in [6, 6.07) is 3.00. The number of anilines is 1. The van der Waals surface area contributed by atoms with Gasteiger partial charge in [-0.1, -0.05) is 11.6 Å². The maximum absolute atomic E-state index is 11.6. The van der Waals surface area contributed by atoms with E-state index in [-0.39, 0.29) is 5.82 Å². The van der Waals surface area contributed by atoms with E-state index in [1.165, 1.54) is 12.3 Å². The zero-order valence-corrected chi connectivity index (χ0v) is 10.9. The van der Waals surface area contributed by atoms with Gasteiger partial charge in [0.1, 0.15) is 5.82 Å². The first kappa shape index (κ1) is 13.2. The number of nitrogens with zero attached hydrogens (tertiary/aromatic N) is 1. The second-order valence-electron chi connectivity index (χ2n) is 4.32. The zero-order chi connectivity index (χ0) is 12.4. The second kappa shape index (κ2) is 4.57. The highest BCUT2D eigenvalue weighted by atomic mass is 35.5. The van der Waals surface area contributed by atoms with Crippen molar-refractivity contribution in [1.29, 1.82) is 0 Å². The summed E-state index contributed by atoms with van der Waals surface area (Å²) in [5, 5.41) is 0.420. The van der Waals surface area contributed by atoms with Gasteiger partial charge in [-0.3, -0.25) is 4.72 Å². The largest absolute Gasteiger partial charge is 0.300 e. The minimum atomic E-state index is -3.63. The Kier molecular flexibility index (Phi) is 3.77. The lowest BCUT2D eigenvalue weighted by Crippen LogP contribution is -2.43. The van der Waals surface area contributed by atoms with Gasteiger partial charge in [-0.15, -0.1) is 0 Å². The van der Waals surface area contributed by atoms with Gasteiger partial charge in [0.25, 0.3) is 0 Å². The predicted molar refractivity (Wildman–Crippen MR) is 64.7 cm³/mol. The Morgan fingerprint density at radius 1 is 1.38 bits per heavy atom. The van der Waals surface area contributed by atoms with Crippen LogP contribution in [0, 0.1) is 0 Å². The molecule has 0 saturated carbocycles. The molecule has 0 aliphatic heterocycles. The van der Waals surface area contributed by atoms with Crippen LogP contribution >= 0.6 is 11.6 Å². The summed E-state index contributed by atoms with van der Waals surface area (Å²) in [7, 11) is -3.63. The van der Waals surface area contributed by atoms with E-state index < -0.39 is 15.7 Å². The van der Waals surface area contributed by atoms with E-state index in [1.54, 1.807) is 26.8 Å². The Morgan fingerprint density at radius 3 is 2.50 bits per heavy atom. The first-order valence-corrected chi connectivity index (χ1v) is 6.47. The molecular weight excluding hydrogens is 250 g/mol. The van der Waals surface area contributed by atoms with E-state index in [9.17, 15) is 8.42 Å². The minimum Gasteiger partial charge on any atom is -0.255 e. The van der Waals surface area contributed by atoms with Crippen LogP contribution in [0.5, 0.6) is 0 Å². The minimum absolute atomic E-state index is 0.184. The summed E-state index contributed by atoms with van der Waals surface area (Å²) >= 11 is 5.71. The summed E-state index contributed by atoms with van der Waals surface area (Å²) in [5.41, 5.74) is -0.551. The van der Waals surface area contributed by atoms with Crippen LogP contribution in [0.1, 0.15) is 20.8 Å². The highest BCUT2D eigenvalue weighted by molar-refractivity contribution is 7.90. The van der Waals surface area contributed by atoms with E-state index in [4.69, 9.17) is 11.6 Å². The van der Waals surface area contributed by atoms with Crippen LogP contribution in [-0.4, -0.2) is 18.9 Å². The average Bonchev–Trinajstić information content (AvgIpc) is 1.96. The van der Waals surface area contributed by atoms with Crippen LogP contribution in [0.4, 0.5) is 5.82 Å². The van der Waals surface area contributed by atoms with E-state index >= 15 is 0 Å². The second-order valence-corrected chi connectivity index (χ2v) is 6.17. The Hall–Kier alpha value is -0.850. The molecule has 0 radical (unpaired) electrons. The van der Waals surface area contributed by atoms with E-state index in [2.05, 4.69) is 14.4 Å². The van der Waals surface area contributed by atoms with Crippen molar-refractivity contribution in [2.75, 3.05) is 4.72 Å². The Labute approximate surface area is 100 Å². The fraction of sp³-hybridized carbons (Fsp3) is 0.444. The van der Waals surface area contributed by atoms with Crippen molar-refractivity contribution < 1.29 is 8.42 Å². The molecule has 0 aliphatic carbocycles. The monoisotopic (exact) mass is 263 g/mol. The lowest BCUT2D eigenvalue weighted by atomic mass is 10.1. The topological polar surface area (TPSA) is 71.1 Å². The number of nitrogens with one attached hydrogen (secondary N) is 2. The maximum Gasteiger partial charge on any atom is 0.300 e. The van der Waals surface area contributed by atoms with Gasteiger partial charge in [0, 0.05) is 22.8 Å². The van der Waals surface area contributed by atoms with Crippen LogP contribution in [0.25, 0.3) is 0 Å². The molecule has 0 fully saturated rings. The summed E-state index contributed by atoms with van der Waals surface area (Å²) in [4.78, 5) is 3.84. The summed E-state index contributed by atoms with van der Waals surface area (Å²) in [5.74, 6) is 0.184. The molecule has 0 aliphatic rings. The normalized spacial score (nSPS) is 12.5. The molecule has 0 saturated heterocycles. The third-order valence-electron chi connectivity index (χ3n) is 1.40. The Morgan fingerprint density at radius 2 is 2.00 bits per heavy atom. The molecule has 1 rings (SSSR count). The quantitative estimate of drug-likeness (QED) is 0.873. The number of hydrogen-bond acceptors (Lipinski definition) is 3. The highest BCUT2D eigenvalue weighted by Crippen LogP contribution is 2.13. The maximum atomic E-state index is 11.6. The summed E-state index contributed by atoms with van der Waals surface area (Å²) < 4.78 is 28.0. The number of halogens is 1. The molecule has 0 aromatic carbocycles. The van der Waals surface area contributed by atoms with Crippen LogP contribution in [0.15, 0.2) is 18.3 Å². The molecule has 0 atom stereocenters. The molecule has 2 N–H and O–H groups in total. The van der Waals surface area contributed by atoms with Gasteiger partial charge in [0.2, 0.25) is 0 Å². The number of rotatable bonds is 3. The van der Waals surface area contributed by atoms with Crippen molar-refractivity contribution in [3.05, 3.63) is 23.4 Å². The van der Waals surface area contributed by atoms with Crippen LogP contribution in [0.3, 0.4) is 0 Å². The van der Waals surface area contributed by atoms with Crippen molar-refractivity contribution in [2.45, 2.75) is 26.3 Å². The molecule has 90 valence electrons. The zero-order valence-electron chi connectivity index (χ0n) is 9.28. The van der Waals surface area contributed by atoms with Crippen LogP contribution in [-0.2, 0) is 10.2 Å². The van der Waals surface area contributed by atoms with E-state index in [1.807, 2.05) is 0 Å². The van der Waals surface area contributed by atoms with Gasteiger partial charge in [0.05, 0.1) is 0 Å². The fourth-order valence-electron chi connectivity index (χ4n) is 1.03. The number of hydrogen-bond donors (Lipinski definition) is 2. The first-order chi connectivity index (χ1) is 7.18. The van der Waals surface area contributed by atoms with E-state index in [0.29, 0.717) is 5.02 Å². The predicted octanol–water partition coefficient (Wildman–Crippen LogP) is 1.78. The lowest BCUT2D eigenvalue weighted by molar-refractivity contribution is 0.494. The third kappa shape index (κ3) is 4.78. The Balaban J connectivity index is 2.81. The molecule has 0 unspecified atom stereocenters. The average molecular weight is 264 g/mol. The molecular formula is C9H14ClN3O2S. The number of pyridine rings is 1. The molecule has 5 nitrogen and oxygen atoms in total. The first-order valence-electron chi connectivity index (χ1n) is 4.61. The molecule has 7 heteroatoms. The van der Waals surface area contributed by atoms with Gasteiger partial charge < -0.3 is 0 Å². The molecule has 0 spiro atoms. The lowest BCUT2D eigenvalue weighted by Gasteiger charge is -2.20. The molecule has 1 aromatic rings. The molecule has 0 bridgehead atoms. The molecule has 0 amide bonds. The summed E-state index contributed by atoms with van der Waals surface area (Å²) in [6.45, 7) is 5.24. The van der Waals surface area contributed by atoms with Gasteiger partial charge in [-0.2, -0.15) is 13.1 Å². The van der Waals surface area contributed by atoms with Crippen molar-refractivity contribution in [2.24, 2.45) is 0 Å². The molecule has 1 heterocycles. The summed E-state index contributed by atoms with van der Waals surface area (Å²) in [6.07, 6.45) is 1.43. The van der Waals surface area contributed by atoms with Crippen molar-refractivity contribution >= 4 is 27.6 Å². The molecule has 16 heavy (non-hydrogen) atoms. The van der Waals surface area contributed by atoms with Crippen LogP contribution < -0.4 is 9.44 Å². The third-order valence-corrected chi connectivity index (χ3v) is 3.00. The standard InChI is InChI=1S/C9H14ClN3O2S/c1-9(2,3)13-16(14,15)12-8-6-7(10)4-5-11-8/h4-6,13H,1-3H3,(H,11,12). The van der Waals surface area contributed by atoms with E-state index in [0.717, 1.165) is 0 Å². The smallest absolute Gasteiger partial charge is 0.255 e. The van der Waals surface area contributed by atoms with Gasteiger partial charge in [-0.05, 0) is 26.8 Å².